The summed E-state index contributed by atoms with van der Waals surface area (Å²) in [6.07, 6.45) is 11.1. The molecule has 2 saturated heterocycles. The van der Waals surface area contributed by atoms with Crippen LogP contribution >= 0.6 is 0 Å². The maximum Gasteiger partial charge on any atom is 0.407 e. The van der Waals surface area contributed by atoms with Gasteiger partial charge in [0.1, 0.15) is 24.2 Å². The largest absolute Gasteiger partial charge is 0.488 e. The van der Waals surface area contributed by atoms with Gasteiger partial charge in [0.05, 0.1) is 36.2 Å². The summed E-state index contributed by atoms with van der Waals surface area (Å²) in [4.78, 5) is 49.7. The molecular formula is C43H47N7O6. The number of imidazole rings is 1. The van der Waals surface area contributed by atoms with Crippen LogP contribution in [0.5, 0.6) is 5.75 Å². The number of alkyl carbamates (subject to hydrolysis) is 1. The molecular weight excluding hydrogens is 711 g/mol. The number of ether oxygens (including phenoxy) is 2. The lowest BCUT2D eigenvalue weighted by Gasteiger charge is -2.41. The lowest BCUT2D eigenvalue weighted by atomic mass is 9.61. The molecule has 2 fully saturated rings. The Morgan fingerprint density at radius 1 is 1.05 bits per heavy atom. The summed E-state index contributed by atoms with van der Waals surface area (Å²) >= 11 is 0. The molecule has 3 amide bonds. The number of fused-ring (bicyclic) bond motifs is 4. The number of allylic oxidation sites excluding steroid dienone is 2. The van der Waals surface area contributed by atoms with E-state index in [1.54, 1.807) is 4.90 Å². The number of benzene rings is 2. The lowest BCUT2D eigenvalue weighted by molar-refractivity contribution is -0.135. The maximum absolute atomic E-state index is 13.8. The standard InChI is InChI=1S/C43H47N7O6/c1-22(2)38(47-41(52)55-5)40(51)49-18-24(4)11-35(49)39-44-17-33(46-39)26-7-9-30-28(12-26)20-56-36-16-32-25(14-31(30)36)6-8-29-13-27(15-37-43(29,32)21-45-48-37)34-10-23(3)19-50(34)42(53)54/h6-9,12-14,16-17,21-24,27,34-35,38H,10-11,15,18-20H2,1-5H3,(H,44,46)(H,47,52)(H,53,54)/t23-,24-,27?,34-,35-,38-,43?/m0/s1. The lowest BCUT2D eigenvalue weighted by Crippen LogP contribution is -2.51. The fourth-order valence-corrected chi connectivity index (χ4v) is 9.92. The molecule has 290 valence electrons. The Morgan fingerprint density at radius 2 is 1.86 bits per heavy atom. The molecule has 56 heavy (non-hydrogen) atoms. The number of amides is 3. The Hall–Kier alpha value is -5.72. The molecule has 3 N–H and O–H groups in total. The first-order valence-electron chi connectivity index (χ1n) is 19.6. The molecule has 6 aliphatic rings. The SMILES string of the molecule is COC(=O)N[C@H](C(=O)N1C[C@@H](C)C[C@H]1c1ncc(-c2ccc3c(c2)COc2cc4c(cc2-3)C=CC2=CC([C@@H]3C[C@H](C)CN3C(=O)O)CC3=NN=CC234)[nH]1)C(C)C. The van der Waals surface area contributed by atoms with Crippen molar-refractivity contribution in [3.05, 3.63) is 76.8 Å². The van der Waals surface area contributed by atoms with Crippen LogP contribution in [0.3, 0.4) is 0 Å². The molecule has 2 aliphatic carbocycles. The third kappa shape index (κ3) is 5.73. The number of rotatable bonds is 6. The highest BCUT2D eigenvalue weighted by molar-refractivity contribution is 6.17. The quantitative estimate of drug-likeness (QED) is 0.245. The molecule has 7 atom stereocenters. The molecule has 1 spiro atoms. The van der Waals surface area contributed by atoms with Gasteiger partial charge in [-0.05, 0) is 88.6 Å². The predicted octanol–water partition coefficient (Wildman–Crippen LogP) is 6.97. The average molecular weight is 758 g/mol. The van der Waals surface area contributed by atoms with Crippen LogP contribution in [0.2, 0.25) is 0 Å². The predicted molar refractivity (Wildman–Crippen MR) is 211 cm³/mol. The second-order valence-corrected chi connectivity index (χ2v) is 16.7. The molecule has 0 radical (unpaired) electrons. The van der Waals surface area contributed by atoms with Gasteiger partial charge in [-0.1, -0.05) is 58.1 Å². The van der Waals surface area contributed by atoms with Gasteiger partial charge in [0.15, 0.2) is 0 Å². The van der Waals surface area contributed by atoms with Gasteiger partial charge in [-0.15, -0.1) is 0 Å². The van der Waals surface area contributed by atoms with Crippen molar-refractivity contribution < 1.29 is 29.0 Å². The first-order valence-corrected chi connectivity index (χ1v) is 19.6. The van der Waals surface area contributed by atoms with Crippen LogP contribution in [-0.4, -0.2) is 87.2 Å². The number of hydrogen-bond donors (Lipinski definition) is 3. The van der Waals surface area contributed by atoms with Crippen molar-refractivity contribution in [1.29, 1.82) is 0 Å². The van der Waals surface area contributed by atoms with Crippen LogP contribution < -0.4 is 10.1 Å². The fraction of sp³-hybridized carbons (Fsp3) is 0.442. The van der Waals surface area contributed by atoms with Gasteiger partial charge >= 0.3 is 12.2 Å². The minimum Gasteiger partial charge on any atom is -0.488 e. The minimum absolute atomic E-state index is 0.0300. The van der Waals surface area contributed by atoms with E-state index in [9.17, 15) is 19.5 Å². The molecule has 1 aromatic heterocycles. The Morgan fingerprint density at radius 3 is 2.64 bits per heavy atom. The van der Waals surface area contributed by atoms with E-state index in [4.69, 9.17) is 14.5 Å². The number of methoxy groups -OCH3 is 1. The van der Waals surface area contributed by atoms with Gasteiger partial charge in [0.2, 0.25) is 5.91 Å². The van der Waals surface area contributed by atoms with Crippen molar-refractivity contribution in [2.75, 3.05) is 20.2 Å². The molecule has 0 saturated carbocycles. The Balaban J connectivity index is 0.986. The Kier molecular flexibility index (Phi) is 8.66. The van der Waals surface area contributed by atoms with Gasteiger partial charge in [-0.3, -0.25) is 4.79 Å². The van der Waals surface area contributed by atoms with E-state index in [1.807, 2.05) is 31.2 Å². The number of likely N-dealkylation sites (tertiary alicyclic amines) is 2. The number of carbonyl (C=O) groups is 3. The number of hydrogen-bond acceptors (Lipinski definition) is 8. The van der Waals surface area contributed by atoms with Crippen LogP contribution in [0, 0.1) is 23.7 Å². The summed E-state index contributed by atoms with van der Waals surface area (Å²) in [7, 11) is 1.29. The molecule has 3 aromatic rings. The highest BCUT2D eigenvalue weighted by atomic mass is 16.5. The molecule has 5 heterocycles. The van der Waals surface area contributed by atoms with Gasteiger partial charge in [-0.25, -0.2) is 14.6 Å². The van der Waals surface area contributed by atoms with E-state index in [1.165, 1.54) is 7.11 Å². The third-order valence-electron chi connectivity index (χ3n) is 12.7. The zero-order chi connectivity index (χ0) is 39.0. The van der Waals surface area contributed by atoms with E-state index in [0.29, 0.717) is 37.9 Å². The topological polar surface area (TPSA) is 162 Å². The van der Waals surface area contributed by atoms with Crippen LogP contribution in [0.25, 0.3) is 28.5 Å². The monoisotopic (exact) mass is 757 g/mol. The van der Waals surface area contributed by atoms with Crippen LogP contribution in [-0.2, 0) is 21.6 Å². The molecule has 4 aliphatic heterocycles. The van der Waals surface area contributed by atoms with E-state index in [-0.39, 0.29) is 35.7 Å². The zero-order valence-corrected chi connectivity index (χ0v) is 32.3. The van der Waals surface area contributed by atoms with Crippen molar-refractivity contribution in [3.63, 3.8) is 0 Å². The number of aromatic amines is 1. The van der Waals surface area contributed by atoms with Crippen molar-refractivity contribution in [2.24, 2.45) is 33.9 Å². The Bertz CT molecular complexity index is 2270. The number of H-pyrrole nitrogens is 1. The molecule has 13 nitrogen and oxygen atoms in total. The van der Waals surface area contributed by atoms with E-state index in [2.05, 4.69) is 82.9 Å². The van der Waals surface area contributed by atoms with Crippen molar-refractivity contribution >= 4 is 36.1 Å². The number of carbonyl (C=O) groups excluding carboxylic acids is 2. The average Bonchev–Trinajstić information content (AvgIpc) is 4.00. The molecule has 13 heteroatoms. The van der Waals surface area contributed by atoms with E-state index >= 15 is 0 Å². The fourth-order valence-electron chi connectivity index (χ4n) is 9.92. The van der Waals surface area contributed by atoms with Crippen molar-refractivity contribution in [3.8, 4) is 28.1 Å². The molecule has 0 bridgehead atoms. The third-order valence-corrected chi connectivity index (χ3v) is 12.7. The molecule has 2 aromatic carbocycles. The van der Waals surface area contributed by atoms with Gasteiger partial charge < -0.3 is 34.7 Å². The first kappa shape index (κ1) is 35.9. The number of carboxylic acid groups (broad SMARTS) is 1. The normalized spacial score (nSPS) is 27.4. The number of aromatic nitrogens is 2. The highest BCUT2D eigenvalue weighted by Crippen LogP contribution is 2.52. The smallest absolute Gasteiger partial charge is 0.407 e. The van der Waals surface area contributed by atoms with Crippen molar-refractivity contribution in [2.45, 2.75) is 77.1 Å². The van der Waals surface area contributed by atoms with Crippen LogP contribution in [0.15, 0.2) is 64.5 Å². The van der Waals surface area contributed by atoms with Crippen LogP contribution in [0.1, 0.15) is 75.5 Å². The minimum atomic E-state index is -0.861. The zero-order valence-electron chi connectivity index (χ0n) is 32.3. The number of nitrogens with one attached hydrogen (secondary N) is 2. The summed E-state index contributed by atoms with van der Waals surface area (Å²) in [5.74, 6) is 1.88. The highest BCUT2D eigenvalue weighted by Gasteiger charge is 2.51. The summed E-state index contributed by atoms with van der Waals surface area (Å²) in [6.45, 7) is 9.59. The van der Waals surface area contributed by atoms with Crippen molar-refractivity contribution in [1.82, 2.24) is 25.1 Å². The van der Waals surface area contributed by atoms with Gasteiger partial charge in [-0.2, -0.15) is 10.2 Å². The maximum atomic E-state index is 13.8. The number of nitrogens with zero attached hydrogens (tertiary/aromatic N) is 5. The second kappa shape index (κ2) is 13.5. The first-order chi connectivity index (χ1) is 26.9. The van der Waals surface area contributed by atoms with Crippen LogP contribution in [0.4, 0.5) is 9.59 Å². The Labute approximate surface area is 325 Å². The second-order valence-electron chi connectivity index (χ2n) is 16.7. The summed E-state index contributed by atoms with van der Waals surface area (Å²) in [6, 6.07) is 9.68. The van der Waals surface area contributed by atoms with E-state index < -0.39 is 23.6 Å². The summed E-state index contributed by atoms with van der Waals surface area (Å²) < 4.78 is 11.3. The summed E-state index contributed by atoms with van der Waals surface area (Å²) in [5, 5.41) is 21.8. The van der Waals surface area contributed by atoms with Gasteiger partial charge in [0.25, 0.3) is 0 Å². The summed E-state index contributed by atoms with van der Waals surface area (Å²) in [5.41, 5.74) is 8.60. The van der Waals surface area contributed by atoms with E-state index in [0.717, 1.165) is 69.0 Å². The van der Waals surface area contributed by atoms with Gasteiger partial charge in [0, 0.05) is 36.8 Å². The molecule has 2 unspecified atom stereocenters. The molecule has 9 rings (SSSR count).